The van der Waals surface area contributed by atoms with Crippen LogP contribution in [0.3, 0.4) is 0 Å². The third-order valence-corrected chi connectivity index (χ3v) is 5.61. The Morgan fingerprint density at radius 3 is 2.63 bits per heavy atom. The van der Waals surface area contributed by atoms with Crippen molar-refractivity contribution in [3.05, 3.63) is 64.7 Å². The second kappa shape index (κ2) is 6.28. The molecule has 6 rings (SSSR count). The van der Waals surface area contributed by atoms with E-state index in [0.717, 1.165) is 57.8 Å². The first-order valence-electron chi connectivity index (χ1n) is 9.97. The summed E-state index contributed by atoms with van der Waals surface area (Å²) in [5.74, 6) is 1.33. The number of benzene rings is 2. The monoisotopic (exact) mass is 397 g/mol. The maximum Gasteiger partial charge on any atom is 0.343 e. The molecule has 0 amide bonds. The van der Waals surface area contributed by atoms with Crippen LogP contribution in [-0.2, 0) is 0 Å². The number of hydrogen-bond acceptors (Lipinski definition) is 4. The Hall–Kier alpha value is -3.94. The smallest absolute Gasteiger partial charge is 0.335 e. The fourth-order valence-electron chi connectivity index (χ4n) is 3.91. The highest BCUT2D eigenvalue weighted by Crippen LogP contribution is 2.39. The number of fused-ring (bicyclic) bond motifs is 1. The van der Waals surface area contributed by atoms with Crippen LogP contribution in [-0.4, -0.2) is 34.9 Å². The molecule has 0 bridgehead atoms. The molecule has 0 saturated heterocycles. The SMILES string of the molecule is Cc1[nH]nc2ccc(-c3nc(-c4ccccc4)[nH]c3-c3n[nH]c(=O)n3C3CC3)cc12. The van der Waals surface area contributed by atoms with E-state index in [0.29, 0.717) is 5.82 Å². The minimum atomic E-state index is -0.185. The molecule has 1 aliphatic rings. The van der Waals surface area contributed by atoms with Crippen molar-refractivity contribution in [3.63, 3.8) is 0 Å². The van der Waals surface area contributed by atoms with E-state index >= 15 is 0 Å². The summed E-state index contributed by atoms with van der Waals surface area (Å²) < 4.78 is 1.74. The molecule has 0 unspecified atom stereocenters. The van der Waals surface area contributed by atoms with Gasteiger partial charge in [-0.1, -0.05) is 36.4 Å². The second-order valence-electron chi connectivity index (χ2n) is 7.71. The Kier molecular flexibility index (Phi) is 3.55. The highest BCUT2D eigenvalue weighted by molar-refractivity contribution is 5.89. The lowest BCUT2D eigenvalue weighted by molar-refractivity contribution is 0.715. The van der Waals surface area contributed by atoms with Crippen LogP contribution in [0.1, 0.15) is 24.6 Å². The second-order valence-corrected chi connectivity index (χ2v) is 7.71. The molecule has 0 radical (unpaired) electrons. The Balaban J connectivity index is 1.60. The zero-order valence-electron chi connectivity index (χ0n) is 16.3. The van der Waals surface area contributed by atoms with Gasteiger partial charge in [-0.15, -0.1) is 0 Å². The number of H-pyrrole nitrogens is 3. The number of aryl methyl sites for hydroxylation is 1. The van der Waals surface area contributed by atoms with Gasteiger partial charge in [0.05, 0.1) is 5.52 Å². The summed E-state index contributed by atoms with van der Waals surface area (Å²) in [5.41, 5.74) is 5.14. The van der Waals surface area contributed by atoms with Crippen LogP contribution in [0.15, 0.2) is 53.3 Å². The van der Waals surface area contributed by atoms with Crippen LogP contribution < -0.4 is 5.69 Å². The van der Waals surface area contributed by atoms with Gasteiger partial charge in [-0.25, -0.2) is 14.9 Å². The molecular formula is C22H19N7O. The lowest BCUT2D eigenvalue weighted by atomic mass is 10.1. The lowest BCUT2D eigenvalue weighted by Crippen LogP contribution is -2.16. The Morgan fingerprint density at radius 2 is 1.83 bits per heavy atom. The number of imidazole rings is 1. The van der Waals surface area contributed by atoms with Gasteiger partial charge < -0.3 is 4.98 Å². The number of rotatable bonds is 4. The number of nitrogens with zero attached hydrogens (tertiary/aromatic N) is 4. The molecule has 1 aliphatic carbocycles. The molecular weight excluding hydrogens is 378 g/mol. The van der Waals surface area contributed by atoms with E-state index in [1.165, 1.54) is 0 Å². The normalized spacial score (nSPS) is 13.9. The fraction of sp³-hybridized carbons (Fsp3) is 0.182. The molecule has 1 fully saturated rings. The summed E-state index contributed by atoms with van der Waals surface area (Å²) in [7, 11) is 0. The van der Waals surface area contributed by atoms with E-state index in [-0.39, 0.29) is 11.7 Å². The summed E-state index contributed by atoms with van der Waals surface area (Å²) >= 11 is 0. The number of aromatic amines is 3. The standard InChI is InChI=1S/C22H19N7O/c1-12-16-11-14(7-10-17(16)26-25-12)18-19(21-27-28-22(30)29(21)15-8-9-15)24-20(23-18)13-5-3-2-4-6-13/h2-7,10-11,15H,8-9H2,1H3,(H,23,24)(H,25,26)(H,28,30). The van der Waals surface area contributed by atoms with Crippen LogP contribution in [0.2, 0.25) is 0 Å². The topological polar surface area (TPSA) is 108 Å². The van der Waals surface area contributed by atoms with Crippen molar-refractivity contribution in [2.75, 3.05) is 0 Å². The van der Waals surface area contributed by atoms with Crippen molar-refractivity contribution >= 4 is 10.9 Å². The van der Waals surface area contributed by atoms with Gasteiger partial charge in [0.25, 0.3) is 0 Å². The molecule has 8 heteroatoms. The number of nitrogens with one attached hydrogen (secondary N) is 3. The molecule has 0 spiro atoms. The molecule has 0 atom stereocenters. The minimum Gasteiger partial charge on any atom is -0.335 e. The summed E-state index contributed by atoms with van der Waals surface area (Å²) in [6, 6.07) is 16.2. The maximum absolute atomic E-state index is 12.4. The molecule has 8 nitrogen and oxygen atoms in total. The maximum atomic E-state index is 12.4. The van der Waals surface area contributed by atoms with Gasteiger partial charge in [-0.2, -0.15) is 10.2 Å². The van der Waals surface area contributed by atoms with Crippen molar-refractivity contribution in [2.45, 2.75) is 25.8 Å². The number of hydrogen-bond donors (Lipinski definition) is 3. The molecule has 3 N–H and O–H groups in total. The van der Waals surface area contributed by atoms with Crippen LogP contribution in [0.5, 0.6) is 0 Å². The Morgan fingerprint density at radius 1 is 1.00 bits per heavy atom. The average molecular weight is 397 g/mol. The van der Waals surface area contributed by atoms with Crippen molar-refractivity contribution in [2.24, 2.45) is 0 Å². The molecule has 0 aliphatic heterocycles. The van der Waals surface area contributed by atoms with E-state index < -0.39 is 0 Å². The molecule has 30 heavy (non-hydrogen) atoms. The fourth-order valence-corrected chi connectivity index (χ4v) is 3.91. The van der Waals surface area contributed by atoms with Crippen LogP contribution in [0.4, 0.5) is 0 Å². The zero-order valence-corrected chi connectivity index (χ0v) is 16.3. The van der Waals surface area contributed by atoms with Crippen molar-refractivity contribution in [1.29, 1.82) is 0 Å². The minimum absolute atomic E-state index is 0.185. The average Bonchev–Trinajstić information content (AvgIpc) is 3.22. The first-order valence-corrected chi connectivity index (χ1v) is 9.97. The largest absolute Gasteiger partial charge is 0.343 e. The predicted molar refractivity (Wildman–Crippen MR) is 114 cm³/mol. The highest BCUT2D eigenvalue weighted by atomic mass is 16.1. The van der Waals surface area contributed by atoms with Gasteiger partial charge in [-0.05, 0) is 31.9 Å². The van der Waals surface area contributed by atoms with E-state index in [1.54, 1.807) is 4.57 Å². The van der Waals surface area contributed by atoms with Crippen molar-refractivity contribution < 1.29 is 0 Å². The Labute approximate surface area is 171 Å². The van der Waals surface area contributed by atoms with E-state index in [4.69, 9.17) is 4.98 Å². The van der Waals surface area contributed by atoms with E-state index in [2.05, 4.69) is 31.4 Å². The van der Waals surface area contributed by atoms with Crippen molar-refractivity contribution in [3.8, 4) is 34.2 Å². The van der Waals surface area contributed by atoms with Gasteiger partial charge >= 0.3 is 5.69 Å². The molecule has 148 valence electrons. The molecule has 2 aromatic carbocycles. The van der Waals surface area contributed by atoms with Crippen LogP contribution in [0.25, 0.3) is 45.1 Å². The summed E-state index contributed by atoms with van der Waals surface area (Å²) in [5, 5.41) is 15.4. The van der Waals surface area contributed by atoms with E-state index in [1.807, 2.05) is 49.4 Å². The highest BCUT2D eigenvalue weighted by Gasteiger charge is 2.31. The zero-order chi connectivity index (χ0) is 20.2. The molecule has 3 aromatic heterocycles. The molecule has 3 heterocycles. The van der Waals surface area contributed by atoms with Gasteiger partial charge in [0.1, 0.15) is 17.2 Å². The van der Waals surface area contributed by atoms with Crippen molar-refractivity contribution in [1.82, 2.24) is 34.9 Å². The third-order valence-electron chi connectivity index (χ3n) is 5.61. The third kappa shape index (κ3) is 2.61. The van der Waals surface area contributed by atoms with Gasteiger partial charge in [0.2, 0.25) is 0 Å². The Bertz CT molecular complexity index is 1430. The van der Waals surface area contributed by atoms with Crippen LogP contribution >= 0.6 is 0 Å². The van der Waals surface area contributed by atoms with E-state index in [9.17, 15) is 4.79 Å². The number of aromatic nitrogens is 7. The van der Waals surface area contributed by atoms with Gasteiger partial charge in [0, 0.05) is 28.2 Å². The summed E-state index contributed by atoms with van der Waals surface area (Å²) in [6.07, 6.45) is 1.98. The van der Waals surface area contributed by atoms with Crippen LogP contribution in [0, 0.1) is 6.92 Å². The van der Waals surface area contributed by atoms with Gasteiger partial charge in [0.15, 0.2) is 5.82 Å². The first-order chi connectivity index (χ1) is 14.7. The molecule has 5 aromatic rings. The summed E-state index contributed by atoms with van der Waals surface area (Å²) in [6.45, 7) is 2.00. The lowest BCUT2D eigenvalue weighted by Gasteiger charge is -2.05. The first kappa shape index (κ1) is 17.0. The quantitative estimate of drug-likeness (QED) is 0.428. The van der Waals surface area contributed by atoms with Gasteiger partial charge in [-0.3, -0.25) is 9.67 Å². The predicted octanol–water partition coefficient (Wildman–Crippen LogP) is 3.82. The summed E-state index contributed by atoms with van der Waals surface area (Å²) in [4.78, 5) is 20.8. The molecule has 1 saturated carbocycles.